The molecule has 2 aromatic rings. The largest absolute Gasteiger partial charge is 0.495 e. The molecule has 0 atom stereocenters. The molecule has 18 heavy (non-hydrogen) atoms. The normalized spacial score (nSPS) is 10.2. The lowest BCUT2D eigenvalue weighted by atomic mass is 10.2. The molecule has 5 heteroatoms. The molecule has 1 aromatic heterocycles. The summed E-state index contributed by atoms with van der Waals surface area (Å²) in [5.41, 5.74) is 8.31. The number of rotatable bonds is 3. The van der Waals surface area contributed by atoms with Gasteiger partial charge >= 0.3 is 0 Å². The molecule has 3 N–H and O–H groups in total. The maximum absolute atomic E-state index is 6.04. The van der Waals surface area contributed by atoms with E-state index in [1.807, 2.05) is 13.0 Å². The molecule has 0 saturated heterocycles. The summed E-state index contributed by atoms with van der Waals surface area (Å²) < 4.78 is 5.09. The number of nitrogens with zero attached hydrogens (tertiary/aromatic N) is 1. The summed E-state index contributed by atoms with van der Waals surface area (Å²) in [6.45, 7) is 1.91. The molecule has 0 fully saturated rings. The van der Waals surface area contributed by atoms with Crippen LogP contribution in [0.3, 0.4) is 0 Å². The van der Waals surface area contributed by atoms with Gasteiger partial charge in [0.2, 0.25) is 0 Å². The van der Waals surface area contributed by atoms with E-state index in [2.05, 4.69) is 10.3 Å². The Morgan fingerprint density at radius 2 is 2.11 bits per heavy atom. The third kappa shape index (κ3) is 2.65. The first-order valence-electron chi connectivity index (χ1n) is 5.43. The van der Waals surface area contributed by atoms with E-state index in [-0.39, 0.29) is 0 Å². The second-order valence-corrected chi connectivity index (χ2v) is 4.31. The molecule has 0 bridgehead atoms. The van der Waals surface area contributed by atoms with Crippen molar-refractivity contribution in [2.75, 3.05) is 18.2 Å². The molecular weight excluding hydrogens is 250 g/mol. The van der Waals surface area contributed by atoms with Crippen molar-refractivity contribution in [2.45, 2.75) is 6.92 Å². The number of anilines is 3. The molecule has 94 valence electrons. The van der Waals surface area contributed by atoms with Gasteiger partial charge < -0.3 is 15.8 Å². The molecule has 0 aliphatic rings. The zero-order valence-electron chi connectivity index (χ0n) is 10.2. The van der Waals surface area contributed by atoms with Crippen LogP contribution in [0.25, 0.3) is 0 Å². The number of nitrogen functional groups attached to an aromatic ring is 1. The fourth-order valence-electron chi connectivity index (χ4n) is 1.50. The monoisotopic (exact) mass is 263 g/mol. The molecule has 4 nitrogen and oxygen atoms in total. The highest BCUT2D eigenvalue weighted by Crippen LogP contribution is 2.28. The molecular formula is C13H14ClN3O. The van der Waals surface area contributed by atoms with Crippen LogP contribution in [0.1, 0.15) is 5.56 Å². The van der Waals surface area contributed by atoms with Crippen molar-refractivity contribution in [1.29, 1.82) is 0 Å². The van der Waals surface area contributed by atoms with Crippen molar-refractivity contribution in [2.24, 2.45) is 0 Å². The van der Waals surface area contributed by atoms with Gasteiger partial charge in [-0.25, -0.2) is 4.98 Å². The minimum absolute atomic E-state index is 0.544. The summed E-state index contributed by atoms with van der Waals surface area (Å²) in [5.74, 6) is 1.32. The summed E-state index contributed by atoms with van der Waals surface area (Å²) in [7, 11) is 1.58. The van der Waals surface area contributed by atoms with Gasteiger partial charge in [0.1, 0.15) is 11.6 Å². The van der Waals surface area contributed by atoms with Gasteiger partial charge in [-0.1, -0.05) is 11.6 Å². The number of pyridine rings is 1. The van der Waals surface area contributed by atoms with Crippen molar-refractivity contribution in [1.82, 2.24) is 4.98 Å². The van der Waals surface area contributed by atoms with Crippen molar-refractivity contribution >= 4 is 28.8 Å². The van der Waals surface area contributed by atoms with Crippen LogP contribution >= 0.6 is 11.6 Å². The average Bonchev–Trinajstić information content (AvgIpc) is 2.34. The van der Waals surface area contributed by atoms with E-state index in [0.29, 0.717) is 22.3 Å². The number of hydrogen-bond acceptors (Lipinski definition) is 4. The zero-order valence-corrected chi connectivity index (χ0v) is 11.0. The number of ether oxygens (including phenoxy) is 1. The second-order valence-electron chi connectivity index (χ2n) is 3.90. The molecule has 2 rings (SSSR count). The highest BCUT2D eigenvalue weighted by atomic mass is 35.5. The number of nitrogens with two attached hydrogens (primary N) is 1. The molecule has 0 unspecified atom stereocenters. The Morgan fingerprint density at radius 1 is 1.33 bits per heavy atom. The average molecular weight is 264 g/mol. The lowest BCUT2D eigenvalue weighted by molar-refractivity contribution is 0.415. The van der Waals surface area contributed by atoms with Crippen LogP contribution in [0.15, 0.2) is 30.5 Å². The van der Waals surface area contributed by atoms with Gasteiger partial charge in [-0.3, -0.25) is 0 Å². The number of halogens is 1. The Balaban J connectivity index is 2.23. The van der Waals surface area contributed by atoms with Gasteiger partial charge in [0, 0.05) is 23.6 Å². The minimum Gasteiger partial charge on any atom is -0.495 e. The van der Waals surface area contributed by atoms with Crippen molar-refractivity contribution in [3.63, 3.8) is 0 Å². The van der Waals surface area contributed by atoms with E-state index >= 15 is 0 Å². The van der Waals surface area contributed by atoms with Crippen molar-refractivity contribution in [3.8, 4) is 5.75 Å². The number of nitrogens with one attached hydrogen (secondary N) is 1. The van der Waals surface area contributed by atoms with Crippen LogP contribution < -0.4 is 15.8 Å². The van der Waals surface area contributed by atoms with E-state index in [9.17, 15) is 0 Å². The van der Waals surface area contributed by atoms with E-state index in [0.717, 1.165) is 11.3 Å². The lowest BCUT2D eigenvalue weighted by Gasteiger charge is -2.09. The third-order valence-corrected chi connectivity index (χ3v) is 2.86. The van der Waals surface area contributed by atoms with Crippen LogP contribution in [0, 0.1) is 6.92 Å². The molecule has 0 amide bonds. The van der Waals surface area contributed by atoms with Gasteiger partial charge in [-0.2, -0.15) is 0 Å². The number of hydrogen-bond donors (Lipinski definition) is 2. The predicted octanol–water partition coefficient (Wildman–Crippen LogP) is 3.38. The molecule has 0 saturated carbocycles. The van der Waals surface area contributed by atoms with Gasteiger partial charge in [0.05, 0.1) is 12.1 Å². The van der Waals surface area contributed by atoms with E-state index < -0.39 is 0 Å². The van der Waals surface area contributed by atoms with Crippen molar-refractivity contribution in [3.05, 3.63) is 41.0 Å². The van der Waals surface area contributed by atoms with Crippen LogP contribution in [0.2, 0.25) is 5.02 Å². The molecule has 1 aromatic carbocycles. The van der Waals surface area contributed by atoms with Crippen LogP contribution in [-0.4, -0.2) is 12.1 Å². The third-order valence-electron chi connectivity index (χ3n) is 2.57. The quantitative estimate of drug-likeness (QED) is 0.891. The standard InChI is InChI=1S/C13H14ClN3O/c1-8-7-16-13(6-11(8)15)17-9-3-4-12(18-2)10(14)5-9/h3-7H,1-2H3,(H3,15,16,17). The number of benzene rings is 1. The maximum atomic E-state index is 6.04. The van der Waals surface area contributed by atoms with E-state index in [1.165, 1.54) is 0 Å². The van der Waals surface area contributed by atoms with Crippen LogP contribution in [-0.2, 0) is 0 Å². The zero-order chi connectivity index (χ0) is 13.1. The number of aromatic nitrogens is 1. The van der Waals surface area contributed by atoms with Gasteiger partial charge in [0.25, 0.3) is 0 Å². The Bertz CT molecular complexity index is 572. The first kappa shape index (κ1) is 12.5. The Morgan fingerprint density at radius 3 is 2.72 bits per heavy atom. The van der Waals surface area contributed by atoms with Crippen LogP contribution in [0.4, 0.5) is 17.2 Å². The van der Waals surface area contributed by atoms with Gasteiger partial charge in [-0.15, -0.1) is 0 Å². The van der Waals surface area contributed by atoms with Gasteiger partial charge in [-0.05, 0) is 30.7 Å². The van der Waals surface area contributed by atoms with E-state index in [1.54, 1.807) is 31.5 Å². The highest BCUT2D eigenvalue weighted by molar-refractivity contribution is 6.32. The molecule has 0 spiro atoms. The van der Waals surface area contributed by atoms with Gasteiger partial charge in [0.15, 0.2) is 0 Å². The minimum atomic E-state index is 0.544. The fraction of sp³-hybridized carbons (Fsp3) is 0.154. The lowest BCUT2D eigenvalue weighted by Crippen LogP contribution is -1.97. The number of methoxy groups -OCH3 is 1. The Kier molecular flexibility index (Phi) is 3.58. The van der Waals surface area contributed by atoms with E-state index in [4.69, 9.17) is 22.1 Å². The Labute approximate surface area is 111 Å². The second kappa shape index (κ2) is 5.14. The SMILES string of the molecule is COc1ccc(Nc2cc(N)c(C)cn2)cc1Cl. The summed E-state index contributed by atoms with van der Waals surface area (Å²) in [5, 5.41) is 3.68. The maximum Gasteiger partial charge on any atom is 0.137 e. The summed E-state index contributed by atoms with van der Waals surface area (Å²) in [6, 6.07) is 7.22. The first-order chi connectivity index (χ1) is 8.60. The summed E-state index contributed by atoms with van der Waals surface area (Å²) in [6.07, 6.45) is 1.72. The fourth-order valence-corrected chi connectivity index (χ4v) is 1.76. The predicted molar refractivity (Wildman–Crippen MR) is 74.7 cm³/mol. The molecule has 0 radical (unpaired) electrons. The first-order valence-corrected chi connectivity index (χ1v) is 5.80. The summed E-state index contributed by atoms with van der Waals surface area (Å²) in [4.78, 5) is 4.24. The molecule has 0 aliphatic heterocycles. The molecule has 1 heterocycles. The highest BCUT2D eigenvalue weighted by Gasteiger charge is 2.03. The number of aryl methyl sites for hydroxylation is 1. The Hall–Kier alpha value is -1.94. The van der Waals surface area contributed by atoms with Crippen molar-refractivity contribution < 1.29 is 4.74 Å². The van der Waals surface area contributed by atoms with Crippen LogP contribution in [0.5, 0.6) is 5.75 Å². The smallest absolute Gasteiger partial charge is 0.137 e. The summed E-state index contributed by atoms with van der Waals surface area (Å²) >= 11 is 6.04. The topological polar surface area (TPSA) is 60.2 Å². The molecule has 0 aliphatic carbocycles.